The van der Waals surface area contributed by atoms with Gasteiger partial charge in [0, 0.05) is 6.07 Å². The van der Waals surface area contributed by atoms with E-state index in [1.165, 1.54) is 11.1 Å². The van der Waals surface area contributed by atoms with Gasteiger partial charge in [-0.15, -0.1) is 0 Å². The van der Waals surface area contributed by atoms with Crippen molar-refractivity contribution in [2.75, 3.05) is 14.2 Å². The van der Waals surface area contributed by atoms with Crippen LogP contribution in [0.2, 0.25) is 0 Å². The van der Waals surface area contributed by atoms with Crippen molar-refractivity contribution in [1.29, 1.82) is 0 Å². The largest absolute Gasteiger partial charge is 0.497 e. The summed E-state index contributed by atoms with van der Waals surface area (Å²) in [4.78, 5) is 0. The van der Waals surface area contributed by atoms with Gasteiger partial charge in [-0.1, -0.05) is 45.0 Å². The fourth-order valence-electron chi connectivity index (χ4n) is 2.35. The molecule has 0 fully saturated rings. The number of hydrogen-bond donors (Lipinski definition) is 0. The first-order chi connectivity index (χ1) is 9.45. The van der Waals surface area contributed by atoms with Crippen LogP contribution in [0.4, 0.5) is 0 Å². The molecule has 0 saturated carbocycles. The Hall–Kier alpha value is -1.96. The molecule has 0 heterocycles. The maximum absolute atomic E-state index is 5.36. The molecule has 0 atom stereocenters. The normalized spacial score (nSPS) is 11.2. The Labute approximate surface area is 121 Å². The predicted octanol–water partition coefficient (Wildman–Crippen LogP) is 4.67. The SMILES string of the molecule is COc1cc(OC)cc(-c2ccccc2C(C)(C)C)c1. The van der Waals surface area contributed by atoms with Crippen LogP contribution in [0.15, 0.2) is 42.5 Å². The molecular formula is C18H22O2. The molecule has 2 rings (SSSR count). The molecule has 0 N–H and O–H groups in total. The highest BCUT2D eigenvalue weighted by Crippen LogP contribution is 2.36. The maximum Gasteiger partial charge on any atom is 0.123 e. The van der Waals surface area contributed by atoms with E-state index in [-0.39, 0.29) is 5.41 Å². The Morgan fingerprint density at radius 3 is 1.85 bits per heavy atom. The van der Waals surface area contributed by atoms with Crippen molar-refractivity contribution in [2.24, 2.45) is 0 Å². The molecule has 0 aliphatic rings. The second-order valence-electron chi connectivity index (χ2n) is 5.90. The van der Waals surface area contributed by atoms with E-state index < -0.39 is 0 Å². The fraction of sp³-hybridized carbons (Fsp3) is 0.333. The molecule has 106 valence electrons. The van der Waals surface area contributed by atoms with Crippen molar-refractivity contribution in [3.63, 3.8) is 0 Å². The number of hydrogen-bond acceptors (Lipinski definition) is 2. The van der Waals surface area contributed by atoms with Gasteiger partial charge in [-0.2, -0.15) is 0 Å². The summed E-state index contributed by atoms with van der Waals surface area (Å²) in [6.07, 6.45) is 0. The van der Waals surface area contributed by atoms with Gasteiger partial charge in [0.1, 0.15) is 11.5 Å². The van der Waals surface area contributed by atoms with E-state index in [4.69, 9.17) is 9.47 Å². The molecule has 0 amide bonds. The molecule has 0 aliphatic heterocycles. The van der Waals surface area contributed by atoms with E-state index in [9.17, 15) is 0 Å². The van der Waals surface area contributed by atoms with E-state index in [0.717, 1.165) is 17.1 Å². The highest BCUT2D eigenvalue weighted by molar-refractivity contribution is 5.71. The summed E-state index contributed by atoms with van der Waals surface area (Å²) >= 11 is 0. The third-order valence-electron chi connectivity index (χ3n) is 3.40. The van der Waals surface area contributed by atoms with Crippen molar-refractivity contribution in [1.82, 2.24) is 0 Å². The molecule has 20 heavy (non-hydrogen) atoms. The van der Waals surface area contributed by atoms with E-state index >= 15 is 0 Å². The van der Waals surface area contributed by atoms with Gasteiger partial charge in [-0.25, -0.2) is 0 Å². The summed E-state index contributed by atoms with van der Waals surface area (Å²) in [6, 6.07) is 14.5. The lowest BCUT2D eigenvalue weighted by atomic mass is 9.82. The lowest BCUT2D eigenvalue weighted by molar-refractivity contribution is 0.394. The number of rotatable bonds is 3. The molecular weight excluding hydrogens is 248 g/mol. The van der Waals surface area contributed by atoms with Gasteiger partial charge < -0.3 is 9.47 Å². The van der Waals surface area contributed by atoms with Crippen molar-refractivity contribution in [2.45, 2.75) is 26.2 Å². The molecule has 2 nitrogen and oxygen atoms in total. The second-order valence-corrected chi connectivity index (χ2v) is 5.90. The van der Waals surface area contributed by atoms with Gasteiger partial charge in [0.15, 0.2) is 0 Å². The zero-order valence-corrected chi connectivity index (χ0v) is 12.9. The summed E-state index contributed by atoms with van der Waals surface area (Å²) < 4.78 is 10.7. The average Bonchev–Trinajstić information content (AvgIpc) is 2.45. The Kier molecular flexibility index (Phi) is 4.03. The van der Waals surface area contributed by atoms with Crippen molar-refractivity contribution in [3.05, 3.63) is 48.0 Å². The van der Waals surface area contributed by atoms with Gasteiger partial charge in [-0.05, 0) is 34.2 Å². The van der Waals surface area contributed by atoms with Crippen molar-refractivity contribution >= 4 is 0 Å². The first-order valence-electron chi connectivity index (χ1n) is 6.78. The van der Waals surface area contributed by atoms with Crippen molar-refractivity contribution in [3.8, 4) is 22.6 Å². The molecule has 0 aliphatic carbocycles. The summed E-state index contributed by atoms with van der Waals surface area (Å²) in [5, 5.41) is 0. The van der Waals surface area contributed by atoms with Gasteiger partial charge in [0.25, 0.3) is 0 Å². The van der Waals surface area contributed by atoms with E-state index in [0.29, 0.717) is 0 Å². The highest BCUT2D eigenvalue weighted by Gasteiger charge is 2.18. The summed E-state index contributed by atoms with van der Waals surface area (Å²) in [5.41, 5.74) is 3.74. The van der Waals surface area contributed by atoms with Gasteiger partial charge >= 0.3 is 0 Å². The number of methoxy groups -OCH3 is 2. The van der Waals surface area contributed by atoms with Crippen LogP contribution >= 0.6 is 0 Å². The van der Waals surface area contributed by atoms with Crippen LogP contribution in [0.1, 0.15) is 26.3 Å². The van der Waals surface area contributed by atoms with Gasteiger partial charge in [-0.3, -0.25) is 0 Å². The van der Waals surface area contributed by atoms with Crippen LogP contribution in [0.5, 0.6) is 11.5 Å². The smallest absolute Gasteiger partial charge is 0.123 e. The zero-order valence-electron chi connectivity index (χ0n) is 12.9. The van der Waals surface area contributed by atoms with Crippen LogP contribution in [-0.4, -0.2) is 14.2 Å². The number of benzene rings is 2. The lowest BCUT2D eigenvalue weighted by Gasteiger charge is -2.23. The fourth-order valence-corrected chi connectivity index (χ4v) is 2.35. The third-order valence-corrected chi connectivity index (χ3v) is 3.40. The predicted molar refractivity (Wildman–Crippen MR) is 83.7 cm³/mol. The monoisotopic (exact) mass is 270 g/mol. The third kappa shape index (κ3) is 2.96. The quantitative estimate of drug-likeness (QED) is 0.807. The molecule has 2 heteroatoms. The topological polar surface area (TPSA) is 18.5 Å². The minimum atomic E-state index is 0.0902. The van der Waals surface area contributed by atoms with Crippen molar-refractivity contribution < 1.29 is 9.47 Å². The molecule has 0 spiro atoms. The number of ether oxygens (including phenoxy) is 2. The first kappa shape index (κ1) is 14.4. The molecule has 0 bridgehead atoms. The first-order valence-corrected chi connectivity index (χ1v) is 6.78. The minimum Gasteiger partial charge on any atom is -0.497 e. The van der Waals surface area contributed by atoms with Crippen LogP contribution in [0.25, 0.3) is 11.1 Å². The van der Waals surface area contributed by atoms with Crippen LogP contribution in [0.3, 0.4) is 0 Å². The summed E-state index contributed by atoms with van der Waals surface area (Å²) in [6.45, 7) is 6.68. The Balaban J connectivity index is 2.62. The molecule has 0 aromatic heterocycles. The standard InChI is InChI=1S/C18H22O2/c1-18(2,3)17-9-7-6-8-16(17)13-10-14(19-4)12-15(11-13)20-5/h6-12H,1-5H3. The Morgan fingerprint density at radius 2 is 1.35 bits per heavy atom. The van der Waals surface area contributed by atoms with Gasteiger partial charge in [0.05, 0.1) is 14.2 Å². The Bertz CT molecular complexity index is 572. The summed E-state index contributed by atoms with van der Waals surface area (Å²) in [5.74, 6) is 1.62. The maximum atomic E-state index is 5.36. The van der Waals surface area contributed by atoms with Crippen LogP contribution < -0.4 is 9.47 Å². The zero-order chi connectivity index (χ0) is 14.8. The van der Waals surface area contributed by atoms with Gasteiger partial charge in [0.2, 0.25) is 0 Å². The van der Waals surface area contributed by atoms with E-state index in [1.807, 2.05) is 18.2 Å². The van der Waals surface area contributed by atoms with Crippen LogP contribution in [-0.2, 0) is 5.41 Å². The molecule has 2 aromatic carbocycles. The van der Waals surface area contributed by atoms with E-state index in [1.54, 1.807) is 14.2 Å². The minimum absolute atomic E-state index is 0.0902. The highest BCUT2D eigenvalue weighted by atomic mass is 16.5. The van der Waals surface area contributed by atoms with E-state index in [2.05, 4.69) is 45.0 Å². The molecule has 0 radical (unpaired) electrons. The lowest BCUT2D eigenvalue weighted by Crippen LogP contribution is -2.12. The second kappa shape index (κ2) is 5.58. The average molecular weight is 270 g/mol. The van der Waals surface area contributed by atoms with Crippen LogP contribution in [0, 0.1) is 0 Å². The molecule has 2 aromatic rings. The Morgan fingerprint density at radius 1 is 0.800 bits per heavy atom. The summed E-state index contributed by atoms with van der Waals surface area (Å²) in [7, 11) is 3.35. The molecule has 0 unspecified atom stereocenters. The molecule has 0 saturated heterocycles.